The second kappa shape index (κ2) is 28.3. The topological polar surface area (TPSA) is 172 Å². The number of aliphatic hydroxyl groups is 1. The zero-order valence-electron chi connectivity index (χ0n) is 55.2. The van der Waals surface area contributed by atoms with E-state index in [0.29, 0.717) is 25.7 Å². The molecular weight excluding hydrogens is 1370 g/mol. The second-order valence-corrected chi connectivity index (χ2v) is 32.1. The van der Waals surface area contributed by atoms with Crippen LogP contribution in [-0.4, -0.2) is 72.6 Å². The molecule has 20 heteroatoms. The van der Waals surface area contributed by atoms with Crippen molar-refractivity contribution in [1.82, 2.24) is 0 Å². The molecule has 4 aliphatic carbocycles. The van der Waals surface area contributed by atoms with Gasteiger partial charge in [-0.15, -0.1) is 17.0 Å². The van der Waals surface area contributed by atoms with Crippen molar-refractivity contribution in [2.75, 3.05) is 19.8 Å². The van der Waals surface area contributed by atoms with E-state index in [9.17, 15) is 45.5 Å². The van der Waals surface area contributed by atoms with Crippen LogP contribution in [0.15, 0.2) is 182 Å². The van der Waals surface area contributed by atoms with Gasteiger partial charge in [-0.3, -0.25) is 9.35 Å². The van der Waals surface area contributed by atoms with Gasteiger partial charge in [0.25, 0.3) is 0 Å². The number of benzene rings is 8. The number of aryl methyl sites for hydroxylation is 4. The van der Waals surface area contributed by atoms with E-state index in [1.54, 1.807) is 0 Å². The Labute approximate surface area is 578 Å². The molecule has 0 aliphatic heterocycles. The molecule has 8 aromatic carbocycles. The van der Waals surface area contributed by atoms with E-state index in [1.807, 2.05) is 116 Å². The number of hydrogen-bond donors (Lipinski definition) is 2. The largest absolute Gasteiger partial charge is 0.481 e. The van der Waals surface area contributed by atoms with Crippen molar-refractivity contribution in [3.8, 4) is 21.3 Å². The molecule has 2 aromatic heterocycles. The summed E-state index contributed by atoms with van der Waals surface area (Å²) in [5.74, 6) is -4.93. The number of carbonyl (C=O) groups excluding carboxylic acids is 3. The molecule has 4 aliphatic rings. The minimum atomic E-state index is -6.31. The fourth-order valence-corrected chi connectivity index (χ4v) is 20.2. The zero-order valence-corrected chi connectivity index (χ0v) is 59.3. The average molecular weight is 1450 g/mol. The van der Waals surface area contributed by atoms with Crippen molar-refractivity contribution in [3.63, 3.8) is 0 Å². The first-order valence-electron chi connectivity index (χ1n) is 31.9. The molecule has 97 heavy (non-hydrogen) atoms. The third-order valence-electron chi connectivity index (χ3n) is 18.6. The molecule has 14 rings (SSSR count). The monoisotopic (exact) mass is 1450 g/mol. The van der Waals surface area contributed by atoms with E-state index in [-0.39, 0.29) is 81.3 Å². The van der Waals surface area contributed by atoms with Gasteiger partial charge in [-0.2, -0.15) is 26.0 Å². The molecule has 0 spiro atoms. The highest BCUT2D eigenvalue weighted by molar-refractivity contribution is 8.93. The number of rotatable bonds is 18. The number of halogens is 5. The van der Waals surface area contributed by atoms with Gasteiger partial charge >= 0.3 is 39.2 Å². The van der Waals surface area contributed by atoms with Crippen LogP contribution >= 0.6 is 37.9 Å². The van der Waals surface area contributed by atoms with E-state index in [2.05, 4.69) is 121 Å². The Morgan fingerprint density at radius 3 is 1.19 bits per heavy atom. The number of ether oxygens (including phenoxy) is 5. The molecule has 2 N–H and O–H groups in total. The van der Waals surface area contributed by atoms with Gasteiger partial charge in [0, 0.05) is 66.8 Å². The summed E-state index contributed by atoms with van der Waals surface area (Å²) in [6, 6.07) is 62.9. The molecule has 2 unspecified atom stereocenters. The molecule has 510 valence electrons. The van der Waals surface area contributed by atoms with Gasteiger partial charge in [-0.25, -0.2) is 9.59 Å². The smallest absolute Gasteiger partial charge is 0.431 e. The Morgan fingerprint density at radius 1 is 0.526 bits per heavy atom. The third kappa shape index (κ3) is 15.0. The van der Waals surface area contributed by atoms with Crippen molar-refractivity contribution in [3.05, 3.63) is 215 Å². The first-order chi connectivity index (χ1) is 45.4. The van der Waals surface area contributed by atoms with Crippen LogP contribution in [0.3, 0.4) is 0 Å². The van der Waals surface area contributed by atoms with Crippen molar-refractivity contribution >= 4 is 106 Å². The lowest BCUT2D eigenvalue weighted by Gasteiger charge is -2.58. The van der Waals surface area contributed by atoms with Gasteiger partial charge in [-0.1, -0.05) is 109 Å². The summed E-state index contributed by atoms with van der Waals surface area (Å²) in [5, 5.41) is 10.1. The molecule has 2 atom stereocenters. The minimum Gasteiger partial charge on any atom is -0.481 e. The van der Waals surface area contributed by atoms with E-state index in [1.165, 1.54) is 50.1 Å². The fourth-order valence-electron chi connectivity index (χ4n) is 14.6. The van der Waals surface area contributed by atoms with Gasteiger partial charge in [-0.05, 0) is 188 Å². The van der Waals surface area contributed by atoms with Crippen LogP contribution in [0.5, 0.6) is 11.5 Å². The fraction of sp³-hybridized carbons (Fsp3) is 0.338. The van der Waals surface area contributed by atoms with Crippen molar-refractivity contribution < 1.29 is 73.7 Å². The number of fused-ring (bicyclic) bond motifs is 6. The number of thiophene rings is 2. The van der Waals surface area contributed by atoms with Gasteiger partial charge < -0.3 is 28.8 Å². The molecule has 4 bridgehead atoms. The maximum absolute atomic E-state index is 13.5. The van der Waals surface area contributed by atoms with E-state index in [0.717, 1.165) is 51.3 Å². The Bertz CT molecular complexity index is 4280. The summed E-state index contributed by atoms with van der Waals surface area (Å²) in [7, 11) is -6.64. The number of carbonyl (C=O) groups is 3. The number of esters is 3. The Morgan fingerprint density at radius 2 is 0.856 bits per heavy atom. The van der Waals surface area contributed by atoms with Crippen LogP contribution in [0.1, 0.15) is 106 Å². The maximum Gasteiger partial charge on any atom is 0.431 e. The van der Waals surface area contributed by atoms with Gasteiger partial charge in [0.15, 0.2) is 41.8 Å². The molecule has 2 heterocycles. The van der Waals surface area contributed by atoms with Crippen molar-refractivity contribution in [2.24, 2.45) is 17.3 Å². The molecule has 12 nitrogen and oxygen atoms in total. The quantitative estimate of drug-likeness (QED) is 0.0274. The summed E-state index contributed by atoms with van der Waals surface area (Å²) < 4.78 is 116. The maximum atomic E-state index is 13.5. The minimum absolute atomic E-state index is 0. The highest BCUT2D eigenvalue weighted by atomic mass is 79.9. The summed E-state index contributed by atoms with van der Waals surface area (Å²) in [4.78, 5) is 40.2. The van der Waals surface area contributed by atoms with Gasteiger partial charge in [0.05, 0.1) is 24.0 Å². The predicted octanol–water partition coefficient (Wildman–Crippen LogP) is 19.4. The van der Waals surface area contributed by atoms with Crippen molar-refractivity contribution in [2.45, 2.75) is 128 Å². The normalized spacial score (nSPS) is 18.3. The lowest BCUT2D eigenvalue weighted by Crippen LogP contribution is -2.58. The van der Waals surface area contributed by atoms with Gasteiger partial charge in [0.1, 0.15) is 22.7 Å². The lowest BCUT2D eigenvalue weighted by atomic mass is 9.48. The molecule has 10 aromatic rings. The second-order valence-electron chi connectivity index (χ2n) is 26.7. The van der Waals surface area contributed by atoms with Crippen LogP contribution in [0.25, 0.3) is 50.1 Å². The van der Waals surface area contributed by atoms with E-state index >= 15 is 0 Å². The van der Waals surface area contributed by atoms with E-state index < -0.39 is 62.5 Å². The van der Waals surface area contributed by atoms with Crippen LogP contribution in [0.2, 0.25) is 0 Å². The van der Waals surface area contributed by atoms with Crippen LogP contribution in [0.4, 0.5) is 17.6 Å². The summed E-state index contributed by atoms with van der Waals surface area (Å²) in [5.41, 5.74) is 2.54. The highest BCUT2D eigenvalue weighted by Gasteiger charge is 2.66. The number of alkyl halides is 4. The highest BCUT2D eigenvalue weighted by Crippen LogP contribution is 2.62. The van der Waals surface area contributed by atoms with E-state index in [4.69, 9.17) is 28.2 Å². The summed E-state index contributed by atoms with van der Waals surface area (Å²) in [6.07, 6.45) is 1.37. The third-order valence-corrected chi connectivity index (χ3v) is 24.1. The van der Waals surface area contributed by atoms with Crippen LogP contribution < -0.4 is 9.47 Å². The molecule has 4 saturated carbocycles. The molecule has 0 saturated heterocycles. The SMILES string of the molecule is Br.Cc1cc(-[s+]2c3ccccc3c3ccccc32)cc(C)c1OCC(=O)OC(C)(C)c1ccccc1.Cc1cc(-[s+]2c3ccccc3c3ccccc32)cc(C)c1OCC(=O)OC(C)(C)c1ccccc1.O=C(OCCC(F)(F)C(F)(F)S(=O)(=O)O)C12CC3CC(CC(O)(C3)C1)C2. The first kappa shape index (κ1) is 72.0. The molecule has 0 amide bonds. The average Bonchev–Trinajstić information content (AvgIpc) is 1.41. The standard InChI is InChI=1S/2C31H29O3S.C15H20F4O6S.BrH/c2*1-21-18-24(35-27-16-10-8-14-25(27)26-15-9-11-17-28(26)35)19-22(2)30(21)33-20-29(32)34-31(3,4)23-12-6-5-7-13-23;16-14(17,15(18,19)26(22,23)24)1-2-25-11(20)12-4-9-3-10(5-12)7-13(21,6-9)8-12;/h2*5-19H,20H2,1-4H3;9-10,21H,1-8H2,(H,22,23,24);1H/q2*+1;;. The summed E-state index contributed by atoms with van der Waals surface area (Å²) >= 11 is 0. The van der Waals surface area contributed by atoms with Crippen molar-refractivity contribution in [1.29, 1.82) is 0 Å². The molecular formula is C77H79BrF4O12S3+2. The first-order valence-corrected chi connectivity index (χ1v) is 35.8. The number of hydrogen-bond acceptors (Lipinski definition) is 11. The van der Waals surface area contributed by atoms with Crippen LogP contribution in [-0.2, 0) is 49.9 Å². The molecule has 0 radical (unpaired) electrons. The lowest BCUT2D eigenvalue weighted by molar-refractivity contribution is -0.201. The Hall–Kier alpha value is -7.72. The van der Waals surface area contributed by atoms with Crippen LogP contribution in [0, 0.1) is 44.9 Å². The molecule has 4 fully saturated rings. The Kier molecular flexibility index (Phi) is 21.0. The zero-order chi connectivity index (χ0) is 68.8. The summed E-state index contributed by atoms with van der Waals surface area (Å²) in [6.45, 7) is 14.4. The van der Waals surface area contributed by atoms with Gasteiger partial charge in [0.2, 0.25) is 0 Å². The predicted molar refractivity (Wildman–Crippen MR) is 381 cm³/mol. The Balaban J connectivity index is 0.000000159.